The maximum atomic E-state index is 9.86. The Bertz CT molecular complexity index is 83.4. The minimum absolute atomic E-state index is 0.00347. The van der Waals surface area contributed by atoms with Crippen molar-refractivity contribution in [1.29, 1.82) is 0 Å². The molecular weight excluding hydrogens is 176 g/mol. The van der Waals surface area contributed by atoms with Gasteiger partial charge in [0.25, 0.3) is 0 Å². The van der Waals surface area contributed by atoms with Gasteiger partial charge in [0.1, 0.15) is 5.01 Å². The Morgan fingerprint density at radius 2 is 2.50 bits per heavy atom. The van der Waals surface area contributed by atoms with Crippen LogP contribution >= 0.6 is 15.9 Å². The lowest BCUT2D eigenvalue weighted by molar-refractivity contribution is -0.138. The van der Waals surface area contributed by atoms with Crippen LogP contribution in [-0.2, 0) is 9.53 Å². The van der Waals surface area contributed by atoms with Crippen LogP contribution < -0.4 is 0 Å². The summed E-state index contributed by atoms with van der Waals surface area (Å²) >= 11 is 2.97. The summed E-state index contributed by atoms with van der Waals surface area (Å²) in [6.07, 6.45) is -0.00347. The summed E-state index contributed by atoms with van der Waals surface area (Å²) in [4.78, 5) is 9.86. The van der Waals surface area contributed by atoms with E-state index in [4.69, 9.17) is 5.11 Å². The van der Waals surface area contributed by atoms with Crippen LogP contribution in [0.25, 0.3) is 0 Å². The van der Waals surface area contributed by atoms with E-state index in [9.17, 15) is 4.79 Å². The van der Waals surface area contributed by atoms with E-state index < -0.39 is 5.97 Å². The van der Waals surface area contributed by atoms with Crippen molar-refractivity contribution in [3.05, 3.63) is 0 Å². The topological polar surface area (TPSA) is 46.5 Å². The standard InChI is InChI=1S/C4H7BrO3/c1-8-3(5)2-4(6)7/h3H,2H2,1H3,(H,6,7). The fourth-order valence-electron chi connectivity index (χ4n) is 0.221. The highest BCUT2D eigenvalue weighted by Crippen LogP contribution is 2.03. The highest BCUT2D eigenvalue weighted by atomic mass is 79.9. The zero-order valence-electron chi connectivity index (χ0n) is 4.43. The Hall–Kier alpha value is -0.0900. The molecule has 0 saturated heterocycles. The molecule has 8 heavy (non-hydrogen) atoms. The summed E-state index contributed by atoms with van der Waals surface area (Å²) in [7, 11) is 1.45. The minimum Gasteiger partial charge on any atom is -0.481 e. The fraction of sp³-hybridized carbons (Fsp3) is 0.750. The molecule has 0 heterocycles. The predicted molar refractivity (Wildman–Crippen MR) is 32.0 cm³/mol. The molecular formula is C4H7BrO3. The number of aliphatic carboxylic acids is 1. The molecule has 0 aliphatic heterocycles. The van der Waals surface area contributed by atoms with Gasteiger partial charge in [-0.3, -0.25) is 4.79 Å². The maximum Gasteiger partial charge on any atom is 0.306 e. The van der Waals surface area contributed by atoms with E-state index >= 15 is 0 Å². The number of halogens is 1. The fourth-order valence-corrected chi connectivity index (χ4v) is 0.498. The Balaban J connectivity index is 3.24. The van der Waals surface area contributed by atoms with Gasteiger partial charge >= 0.3 is 5.97 Å². The van der Waals surface area contributed by atoms with E-state index in [1.54, 1.807) is 0 Å². The number of carboxylic acids is 1. The molecule has 0 aromatic carbocycles. The zero-order chi connectivity index (χ0) is 6.57. The summed E-state index contributed by atoms with van der Waals surface area (Å²) in [6, 6.07) is 0. The van der Waals surface area contributed by atoms with Gasteiger partial charge in [-0.05, 0) is 0 Å². The van der Waals surface area contributed by atoms with Crippen molar-refractivity contribution in [3.63, 3.8) is 0 Å². The van der Waals surface area contributed by atoms with Gasteiger partial charge in [-0.2, -0.15) is 0 Å². The maximum absolute atomic E-state index is 9.86. The summed E-state index contributed by atoms with van der Waals surface area (Å²) in [5, 5.41) is 7.74. The van der Waals surface area contributed by atoms with Gasteiger partial charge in [-0.1, -0.05) is 15.9 Å². The highest BCUT2D eigenvalue weighted by Gasteiger charge is 2.05. The number of methoxy groups -OCH3 is 1. The number of alkyl halides is 1. The summed E-state index contributed by atoms with van der Waals surface area (Å²) in [5.74, 6) is -0.867. The molecule has 0 bridgehead atoms. The average Bonchev–Trinajstić information content (AvgIpc) is 1.65. The van der Waals surface area contributed by atoms with Gasteiger partial charge in [-0.15, -0.1) is 0 Å². The lowest BCUT2D eigenvalue weighted by atomic mass is 10.5. The van der Waals surface area contributed by atoms with E-state index in [1.165, 1.54) is 7.11 Å². The second kappa shape index (κ2) is 3.86. The van der Waals surface area contributed by atoms with E-state index in [0.29, 0.717) is 0 Å². The molecule has 0 aliphatic rings. The quantitative estimate of drug-likeness (QED) is 0.659. The molecule has 3 nitrogen and oxygen atoms in total. The molecule has 0 aromatic rings. The molecule has 0 aromatic heterocycles. The van der Waals surface area contributed by atoms with Crippen LogP contribution in [-0.4, -0.2) is 23.2 Å². The molecule has 1 N–H and O–H groups in total. The first-order valence-corrected chi connectivity index (χ1v) is 2.97. The van der Waals surface area contributed by atoms with Crippen molar-refractivity contribution < 1.29 is 14.6 Å². The zero-order valence-corrected chi connectivity index (χ0v) is 6.01. The van der Waals surface area contributed by atoms with Gasteiger partial charge in [0.05, 0.1) is 6.42 Å². The van der Waals surface area contributed by atoms with Crippen LogP contribution in [0.1, 0.15) is 6.42 Å². The number of carboxylic acid groups (broad SMARTS) is 1. The molecule has 0 amide bonds. The SMILES string of the molecule is COC(Br)CC(=O)O. The molecule has 0 saturated carbocycles. The molecule has 0 radical (unpaired) electrons. The monoisotopic (exact) mass is 182 g/mol. The molecule has 0 fully saturated rings. The summed E-state index contributed by atoms with van der Waals surface area (Å²) in [5.41, 5.74) is 0. The first-order valence-electron chi connectivity index (χ1n) is 2.05. The van der Waals surface area contributed by atoms with Crippen LogP contribution in [0.5, 0.6) is 0 Å². The van der Waals surface area contributed by atoms with Gasteiger partial charge in [-0.25, -0.2) is 0 Å². The lowest BCUT2D eigenvalue weighted by Crippen LogP contribution is -2.07. The van der Waals surface area contributed by atoms with Gasteiger partial charge in [0, 0.05) is 7.11 Å². The first kappa shape index (κ1) is 7.91. The molecule has 0 spiro atoms. The van der Waals surface area contributed by atoms with Crippen molar-refractivity contribution in [3.8, 4) is 0 Å². The van der Waals surface area contributed by atoms with Crippen LogP contribution in [0.15, 0.2) is 0 Å². The van der Waals surface area contributed by atoms with E-state index in [2.05, 4.69) is 20.7 Å². The van der Waals surface area contributed by atoms with Crippen molar-refractivity contribution in [2.24, 2.45) is 0 Å². The molecule has 0 rings (SSSR count). The third kappa shape index (κ3) is 4.08. The highest BCUT2D eigenvalue weighted by molar-refractivity contribution is 9.09. The van der Waals surface area contributed by atoms with Crippen molar-refractivity contribution in [2.45, 2.75) is 11.4 Å². The minimum atomic E-state index is -0.867. The number of ether oxygens (including phenoxy) is 1. The third-order valence-electron chi connectivity index (χ3n) is 0.591. The average molecular weight is 183 g/mol. The third-order valence-corrected chi connectivity index (χ3v) is 1.29. The Morgan fingerprint density at radius 1 is 2.00 bits per heavy atom. The molecule has 1 atom stereocenters. The number of carbonyl (C=O) groups is 1. The normalized spacial score (nSPS) is 13.2. The second-order valence-electron chi connectivity index (χ2n) is 1.24. The van der Waals surface area contributed by atoms with Gasteiger partial charge in [0.15, 0.2) is 0 Å². The van der Waals surface area contributed by atoms with Gasteiger partial charge in [0.2, 0.25) is 0 Å². The Morgan fingerprint density at radius 3 is 2.62 bits per heavy atom. The molecule has 48 valence electrons. The molecule has 4 heteroatoms. The largest absolute Gasteiger partial charge is 0.481 e. The number of hydrogen-bond acceptors (Lipinski definition) is 2. The van der Waals surface area contributed by atoms with Crippen molar-refractivity contribution in [2.75, 3.05) is 7.11 Å². The van der Waals surface area contributed by atoms with Crippen LogP contribution in [0.3, 0.4) is 0 Å². The van der Waals surface area contributed by atoms with Crippen LogP contribution in [0, 0.1) is 0 Å². The predicted octanol–water partition coefficient (Wildman–Crippen LogP) is 0.829. The van der Waals surface area contributed by atoms with Gasteiger partial charge < -0.3 is 9.84 Å². The van der Waals surface area contributed by atoms with E-state index in [0.717, 1.165) is 0 Å². The first-order chi connectivity index (χ1) is 3.66. The summed E-state index contributed by atoms with van der Waals surface area (Å²) in [6.45, 7) is 0. The van der Waals surface area contributed by atoms with E-state index in [-0.39, 0.29) is 11.4 Å². The number of hydrogen-bond donors (Lipinski definition) is 1. The van der Waals surface area contributed by atoms with Crippen molar-refractivity contribution >= 4 is 21.9 Å². The lowest BCUT2D eigenvalue weighted by Gasteiger charge is -2.00. The Kier molecular flexibility index (Phi) is 3.81. The molecule has 0 aliphatic carbocycles. The molecule has 1 unspecified atom stereocenters. The van der Waals surface area contributed by atoms with E-state index in [1.807, 2.05) is 0 Å². The van der Waals surface area contributed by atoms with Crippen LogP contribution in [0.2, 0.25) is 0 Å². The van der Waals surface area contributed by atoms with Crippen LogP contribution in [0.4, 0.5) is 0 Å². The smallest absolute Gasteiger partial charge is 0.306 e. The second-order valence-corrected chi connectivity index (χ2v) is 2.26. The van der Waals surface area contributed by atoms with Crippen molar-refractivity contribution in [1.82, 2.24) is 0 Å². The summed E-state index contributed by atoms with van der Waals surface area (Å²) < 4.78 is 4.60. The Labute approximate surface area is 55.8 Å². The number of rotatable bonds is 3.